The van der Waals surface area contributed by atoms with E-state index in [9.17, 15) is 4.79 Å². The van der Waals surface area contributed by atoms with Crippen molar-refractivity contribution < 1.29 is 9.47 Å². The van der Waals surface area contributed by atoms with E-state index in [0.717, 1.165) is 11.1 Å². The SMILES string of the molecule is COc1cc(/C=N/Nc2cn[nH]c(=O)c2Cl)ccc1OCc1ccccc1Cl. The van der Waals surface area contributed by atoms with Crippen molar-refractivity contribution in [3.8, 4) is 11.5 Å². The highest BCUT2D eigenvalue weighted by Crippen LogP contribution is 2.29. The normalized spacial score (nSPS) is 10.8. The first-order valence-corrected chi connectivity index (χ1v) is 8.90. The van der Waals surface area contributed by atoms with Crippen molar-refractivity contribution in [2.45, 2.75) is 6.61 Å². The molecule has 0 fully saturated rings. The van der Waals surface area contributed by atoms with E-state index in [1.165, 1.54) is 6.20 Å². The molecule has 1 heterocycles. The Morgan fingerprint density at radius 1 is 1.21 bits per heavy atom. The van der Waals surface area contributed by atoms with Crippen LogP contribution in [0.25, 0.3) is 0 Å². The van der Waals surface area contributed by atoms with Gasteiger partial charge in [0.15, 0.2) is 11.5 Å². The lowest BCUT2D eigenvalue weighted by Gasteiger charge is -2.12. The summed E-state index contributed by atoms with van der Waals surface area (Å²) < 4.78 is 11.2. The van der Waals surface area contributed by atoms with Gasteiger partial charge in [0.2, 0.25) is 0 Å². The minimum absolute atomic E-state index is 0.0203. The van der Waals surface area contributed by atoms with Crippen LogP contribution in [0.2, 0.25) is 10.0 Å². The number of anilines is 1. The summed E-state index contributed by atoms with van der Waals surface area (Å²) in [5.41, 5.74) is 4.11. The van der Waals surface area contributed by atoms with E-state index in [2.05, 4.69) is 20.7 Å². The number of benzene rings is 2. The maximum Gasteiger partial charge on any atom is 0.285 e. The molecule has 0 amide bonds. The second kappa shape index (κ2) is 9.25. The van der Waals surface area contributed by atoms with Crippen molar-refractivity contribution in [2.24, 2.45) is 5.10 Å². The van der Waals surface area contributed by atoms with Gasteiger partial charge in [-0.3, -0.25) is 10.2 Å². The van der Waals surface area contributed by atoms with Gasteiger partial charge in [0.1, 0.15) is 17.3 Å². The van der Waals surface area contributed by atoms with E-state index < -0.39 is 5.56 Å². The Balaban J connectivity index is 1.69. The Morgan fingerprint density at radius 3 is 2.82 bits per heavy atom. The van der Waals surface area contributed by atoms with Gasteiger partial charge in [-0.15, -0.1) is 0 Å². The van der Waals surface area contributed by atoms with E-state index in [1.54, 1.807) is 25.5 Å². The molecule has 0 saturated heterocycles. The lowest BCUT2D eigenvalue weighted by Crippen LogP contribution is -2.10. The molecule has 1 aromatic heterocycles. The van der Waals surface area contributed by atoms with Gasteiger partial charge in [0.05, 0.1) is 19.5 Å². The van der Waals surface area contributed by atoms with Crippen molar-refractivity contribution in [2.75, 3.05) is 12.5 Å². The third kappa shape index (κ3) is 4.82. The summed E-state index contributed by atoms with van der Waals surface area (Å²) in [4.78, 5) is 11.4. The van der Waals surface area contributed by atoms with Crippen LogP contribution in [0.3, 0.4) is 0 Å². The first-order chi connectivity index (χ1) is 13.6. The number of nitrogens with one attached hydrogen (secondary N) is 2. The molecular weight excluding hydrogens is 403 g/mol. The molecule has 28 heavy (non-hydrogen) atoms. The van der Waals surface area contributed by atoms with Gasteiger partial charge in [-0.05, 0) is 29.8 Å². The molecular formula is C19H16Cl2N4O3. The van der Waals surface area contributed by atoms with Gasteiger partial charge < -0.3 is 9.47 Å². The number of nitrogens with zero attached hydrogens (tertiary/aromatic N) is 2. The number of aromatic nitrogens is 2. The van der Waals surface area contributed by atoms with E-state index in [-0.39, 0.29) is 5.02 Å². The van der Waals surface area contributed by atoms with Gasteiger partial charge in [0.25, 0.3) is 5.56 Å². The van der Waals surface area contributed by atoms with Crippen LogP contribution >= 0.6 is 23.2 Å². The van der Waals surface area contributed by atoms with Crippen LogP contribution in [0, 0.1) is 0 Å². The Bertz CT molecular complexity index is 1050. The molecule has 9 heteroatoms. The number of hydrogen-bond acceptors (Lipinski definition) is 6. The van der Waals surface area contributed by atoms with Crippen LogP contribution in [-0.2, 0) is 6.61 Å². The van der Waals surface area contributed by atoms with Crippen LogP contribution in [0.1, 0.15) is 11.1 Å². The Hall–Kier alpha value is -3.03. The Labute approximate surface area is 170 Å². The maximum atomic E-state index is 11.4. The molecule has 3 aromatic rings. The fourth-order valence-electron chi connectivity index (χ4n) is 2.29. The number of hydrazone groups is 1. The minimum atomic E-state index is -0.497. The largest absolute Gasteiger partial charge is 0.493 e. The third-order valence-electron chi connectivity index (χ3n) is 3.72. The van der Waals surface area contributed by atoms with Crippen molar-refractivity contribution in [3.05, 3.63) is 80.2 Å². The summed E-state index contributed by atoms with van der Waals surface area (Å²) in [7, 11) is 1.55. The number of ether oxygens (including phenoxy) is 2. The monoisotopic (exact) mass is 418 g/mol. The van der Waals surface area contributed by atoms with E-state index >= 15 is 0 Å². The molecule has 7 nitrogen and oxygen atoms in total. The number of aromatic amines is 1. The molecule has 2 N–H and O–H groups in total. The number of rotatable bonds is 7. The molecule has 0 radical (unpaired) electrons. The second-order valence-corrected chi connectivity index (χ2v) is 6.37. The molecule has 0 spiro atoms. The van der Waals surface area contributed by atoms with Gasteiger partial charge >= 0.3 is 0 Å². The molecule has 2 aromatic carbocycles. The summed E-state index contributed by atoms with van der Waals surface area (Å²) in [6.45, 7) is 0.319. The molecule has 0 aliphatic rings. The van der Waals surface area contributed by atoms with Gasteiger partial charge in [-0.1, -0.05) is 41.4 Å². The van der Waals surface area contributed by atoms with Gasteiger partial charge in [0, 0.05) is 10.6 Å². The highest BCUT2D eigenvalue weighted by molar-refractivity contribution is 6.32. The topological polar surface area (TPSA) is 88.6 Å². The van der Waals surface area contributed by atoms with Gasteiger partial charge in [-0.25, -0.2) is 5.10 Å². The fourth-order valence-corrected chi connectivity index (χ4v) is 2.62. The first kappa shape index (κ1) is 19.7. The van der Waals surface area contributed by atoms with Crippen molar-refractivity contribution in [1.82, 2.24) is 10.2 Å². The average Bonchev–Trinajstić information content (AvgIpc) is 2.71. The zero-order chi connectivity index (χ0) is 19.9. The molecule has 0 bridgehead atoms. The lowest BCUT2D eigenvalue weighted by molar-refractivity contribution is 0.284. The summed E-state index contributed by atoms with van der Waals surface area (Å²) in [5, 5.41) is 10.6. The Morgan fingerprint density at radius 2 is 2.04 bits per heavy atom. The predicted molar refractivity (Wildman–Crippen MR) is 110 cm³/mol. The van der Waals surface area contributed by atoms with Crippen LogP contribution in [0.15, 0.2) is 58.6 Å². The Kier molecular flexibility index (Phi) is 6.52. The zero-order valence-corrected chi connectivity index (χ0v) is 16.3. The highest BCUT2D eigenvalue weighted by atomic mass is 35.5. The van der Waals surface area contributed by atoms with Crippen LogP contribution in [0.4, 0.5) is 5.69 Å². The molecule has 144 valence electrons. The maximum absolute atomic E-state index is 11.4. The number of halogens is 2. The van der Waals surface area contributed by atoms with Crippen molar-refractivity contribution in [3.63, 3.8) is 0 Å². The fraction of sp³-hybridized carbons (Fsp3) is 0.105. The van der Waals surface area contributed by atoms with Crippen LogP contribution in [-0.4, -0.2) is 23.5 Å². The van der Waals surface area contributed by atoms with E-state index in [4.69, 9.17) is 32.7 Å². The van der Waals surface area contributed by atoms with Gasteiger partial charge in [-0.2, -0.15) is 10.2 Å². The summed E-state index contributed by atoms with van der Waals surface area (Å²) >= 11 is 12.0. The van der Waals surface area contributed by atoms with Crippen molar-refractivity contribution >= 4 is 35.1 Å². The quantitative estimate of drug-likeness (QED) is 0.445. The van der Waals surface area contributed by atoms with Crippen LogP contribution < -0.4 is 20.5 Å². The number of hydrogen-bond donors (Lipinski definition) is 2. The predicted octanol–water partition coefficient (Wildman–Crippen LogP) is 4.11. The standard InChI is InChI=1S/C19H16Cl2N4O3/c1-27-17-8-12(9-22-24-15-10-23-25-19(26)18(15)21)6-7-16(17)28-11-13-4-2-3-5-14(13)20/h2-10H,11H2,1H3,(H2,24,25,26)/b22-9+. The smallest absolute Gasteiger partial charge is 0.285 e. The highest BCUT2D eigenvalue weighted by Gasteiger charge is 2.07. The summed E-state index contributed by atoms with van der Waals surface area (Å²) in [5.74, 6) is 1.13. The first-order valence-electron chi connectivity index (χ1n) is 8.15. The third-order valence-corrected chi connectivity index (χ3v) is 4.47. The van der Waals surface area contributed by atoms with Crippen molar-refractivity contribution in [1.29, 1.82) is 0 Å². The zero-order valence-electron chi connectivity index (χ0n) is 14.8. The molecule has 3 rings (SSSR count). The minimum Gasteiger partial charge on any atom is -0.493 e. The molecule has 0 unspecified atom stereocenters. The van der Waals surface area contributed by atoms with E-state index in [0.29, 0.717) is 28.8 Å². The average molecular weight is 419 g/mol. The second-order valence-electron chi connectivity index (χ2n) is 5.59. The van der Waals surface area contributed by atoms with Crippen LogP contribution in [0.5, 0.6) is 11.5 Å². The molecule has 0 saturated carbocycles. The molecule has 0 aliphatic heterocycles. The lowest BCUT2D eigenvalue weighted by atomic mass is 10.2. The molecule has 0 atom stereocenters. The number of H-pyrrole nitrogens is 1. The summed E-state index contributed by atoms with van der Waals surface area (Å²) in [6.07, 6.45) is 2.92. The number of methoxy groups -OCH3 is 1. The summed E-state index contributed by atoms with van der Waals surface area (Å²) in [6, 6.07) is 12.8. The molecule has 0 aliphatic carbocycles. The van der Waals surface area contributed by atoms with E-state index in [1.807, 2.05) is 30.3 Å².